The van der Waals surface area contributed by atoms with Crippen LogP contribution in [0.5, 0.6) is 0 Å². The zero-order valence-corrected chi connectivity index (χ0v) is 14.6. The van der Waals surface area contributed by atoms with E-state index in [1.165, 1.54) is 16.3 Å². The number of rotatable bonds is 4. The number of carbonyl (C=O) groups is 2. The quantitative estimate of drug-likeness (QED) is 0.898. The van der Waals surface area contributed by atoms with Crippen molar-refractivity contribution in [3.8, 4) is 0 Å². The minimum Gasteiger partial charge on any atom is -0.369 e. The number of nitrogens with zero attached hydrogens (tertiary/aromatic N) is 1. The molecule has 3 amide bonds. The molecule has 0 unspecified atom stereocenters. The van der Waals surface area contributed by atoms with Crippen LogP contribution >= 0.6 is 0 Å². The molecule has 0 bridgehead atoms. The highest BCUT2D eigenvalue weighted by atomic mass is 16.2. The summed E-state index contributed by atoms with van der Waals surface area (Å²) in [5.41, 5.74) is 6.54. The van der Waals surface area contributed by atoms with E-state index in [2.05, 4.69) is 35.6 Å². The molecule has 1 aliphatic heterocycles. The molecule has 1 heterocycles. The van der Waals surface area contributed by atoms with Gasteiger partial charge in [0.2, 0.25) is 5.91 Å². The van der Waals surface area contributed by atoms with Crippen molar-refractivity contribution in [2.45, 2.75) is 32.2 Å². The number of amides is 3. The molecule has 0 aliphatic carbocycles. The van der Waals surface area contributed by atoms with Gasteiger partial charge in [0.1, 0.15) is 0 Å². The normalized spacial score (nSPS) is 16.6. The van der Waals surface area contributed by atoms with Crippen molar-refractivity contribution >= 4 is 22.7 Å². The fourth-order valence-electron chi connectivity index (χ4n) is 3.44. The fraction of sp³-hybridized carbons (Fsp3) is 0.400. The SMILES string of the molecule is C[C@@H](Cc1ccc2ccccc2c1)NC(=O)N1CCC(C(N)=O)CC1. The number of nitrogens with two attached hydrogens (primary N) is 1. The molecule has 0 spiro atoms. The second kappa shape index (κ2) is 7.55. The Morgan fingerprint density at radius 3 is 2.52 bits per heavy atom. The average molecular weight is 339 g/mol. The summed E-state index contributed by atoms with van der Waals surface area (Å²) in [5, 5.41) is 5.50. The first-order valence-corrected chi connectivity index (χ1v) is 8.85. The second-order valence-electron chi connectivity index (χ2n) is 6.90. The summed E-state index contributed by atoms with van der Waals surface area (Å²) in [6.07, 6.45) is 2.10. The van der Waals surface area contributed by atoms with E-state index in [0.29, 0.717) is 25.9 Å². The van der Waals surface area contributed by atoms with Crippen LogP contribution in [0.3, 0.4) is 0 Å². The van der Waals surface area contributed by atoms with Crippen molar-refractivity contribution in [1.82, 2.24) is 10.2 Å². The topological polar surface area (TPSA) is 75.4 Å². The number of nitrogens with one attached hydrogen (secondary N) is 1. The highest BCUT2D eigenvalue weighted by molar-refractivity contribution is 5.83. The van der Waals surface area contributed by atoms with Crippen molar-refractivity contribution in [2.75, 3.05) is 13.1 Å². The van der Waals surface area contributed by atoms with Crippen LogP contribution in [-0.4, -0.2) is 36.0 Å². The van der Waals surface area contributed by atoms with Crippen molar-refractivity contribution in [3.63, 3.8) is 0 Å². The number of carbonyl (C=O) groups excluding carboxylic acids is 2. The third kappa shape index (κ3) is 4.29. The van der Waals surface area contributed by atoms with E-state index in [1.807, 2.05) is 19.1 Å². The predicted octanol–water partition coefficient (Wildman–Crippen LogP) is 2.68. The summed E-state index contributed by atoms with van der Waals surface area (Å²) in [6, 6.07) is 14.7. The van der Waals surface area contributed by atoms with Gasteiger partial charge in [-0.3, -0.25) is 4.79 Å². The molecule has 1 atom stereocenters. The van der Waals surface area contributed by atoms with E-state index in [0.717, 1.165) is 6.42 Å². The molecule has 132 valence electrons. The molecular weight excluding hydrogens is 314 g/mol. The lowest BCUT2D eigenvalue weighted by Gasteiger charge is -2.31. The lowest BCUT2D eigenvalue weighted by molar-refractivity contribution is -0.123. The molecule has 25 heavy (non-hydrogen) atoms. The largest absolute Gasteiger partial charge is 0.369 e. The third-order valence-electron chi connectivity index (χ3n) is 4.91. The number of urea groups is 1. The molecule has 2 aromatic carbocycles. The van der Waals surface area contributed by atoms with E-state index < -0.39 is 0 Å². The van der Waals surface area contributed by atoms with Crippen molar-refractivity contribution in [2.24, 2.45) is 11.7 Å². The van der Waals surface area contributed by atoms with Crippen molar-refractivity contribution in [1.29, 1.82) is 0 Å². The second-order valence-corrected chi connectivity index (χ2v) is 6.90. The van der Waals surface area contributed by atoms with Crippen molar-refractivity contribution in [3.05, 3.63) is 48.0 Å². The van der Waals surface area contributed by atoms with Gasteiger partial charge in [0.05, 0.1) is 0 Å². The van der Waals surface area contributed by atoms with E-state index in [4.69, 9.17) is 5.73 Å². The Bertz CT molecular complexity index is 766. The first-order valence-electron chi connectivity index (χ1n) is 8.85. The van der Waals surface area contributed by atoms with Crippen LogP contribution in [0.4, 0.5) is 4.79 Å². The minimum atomic E-state index is -0.260. The number of piperidine rings is 1. The van der Waals surface area contributed by atoms with Crippen molar-refractivity contribution < 1.29 is 9.59 Å². The molecule has 5 heteroatoms. The lowest BCUT2D eigenvalue weighted by atomic mass is 9.96. The first kappa shape index (κ1) is 17.3. The van der Waals surface area contributed by atoms with E-state index in [1.54, 1.807) is 4.90 Å². The number of likely N-dealkylation sites (tertiary alicyclic amines) is 1. The summed E-state index contributed by atoms with van der Waals surface area (Å²) in [5.74, 6) is -0.358. The Kier molecular flexibility index (Phi) is 5.22. The van der Waals surface area contributed by atoms with Gasteiger partial charge in [-0.25, -0.2) is 4.79 Å². The summed E-state index contributed by atoms with van der Waals surface area (Å²) < 4.78 is 0. The smallest absolute Gasteiger partial charge is 0.317 e. The Labute approximate surface area is 148 Å². The van der Waals surface area contributed by atoms with Crippen LogP contribution in [0, 0.1) is 5.92 Å². The molecule has 1 saturated heterocycles. The maximum atomic E-state index is 12.4. The molecular formula is C20H25N3O2. The summed E-state index contributed by atoms with van der Waals surface area (Å²) in [7, 11) is 0. The van der Waals surface area contributed by atoms with E-state index in [9.17, 15) is 9.59 Å². The van der Waals surface area contributed by atoms with Crippen LogP contribution in [0.1, 0.15) is 25.3 Å². The van der Waals surface area contributed by atoms with Gasteiger partial charge in [-0.05, 0) is 42.5 Å². The minimum absolute atomic E-state index is 0.0440. The average Bonchev–Trinajstić information content (AvgIpc) is 2.61. The molecule has 0 aromatic heterocycles. The first-order chi connectivity index (χ1) is 12.0. The molecule has 5 nitrogen and oxygen atoms in total. The van der Waals surface area contributed by atoms with Gasteiger partial charge in [-0.15, -0.1) is 0 Å². The van der Waals surface area contributed by atoms with Gasteiger partial charge in [0.25, 0.3) is 0 Å². The summed E-state index contributed by atoms with van der Waals surface area (Å²) >= 11 is 0. The standard InChI is InChI=1S/C20H25N3O2/c1-14(12-15-6-7-16-4-2-3-5-18(16)13-15)22-20(25)23-10-8-17(9-11-23)19(21)24/h2-7,13-14,17H,8-12H2,1H3,(H2,21,24)(H,22,25)/t14-/m0/s1. The Balaban J connectivity index is 1.53. The monoisotopic (exact) mass is 339 g/mol. The molecule has 2 aromatic rings. The number of hydrogen-bond donors (Lipinski definition) is 2. The van der Waals surface area contributed by atoms with Crippen LogP contribution in [0.2, 0.25) is 0 Å². The van der Waals surface area contributed by atoms with Gasteiger partial charge in [-0.1, -0.05) is 42.5 Å². The summed E-state index contributed by atoms with van der Waals surface area (Å²) in [6.45, 7) is 3.19. The number of hydrogen-bond acceptors (Lipinski definition) is 2. The third-order valence-corrected chi connectivity index (χ3v) is 4.91. The van der Waals surface area contributed by atoms with Gasteiger partial charge in [-0.2, -0.15) is 0 Å². The van der Waals surface area contributed by atoms with E-state index >= 15 is 0 Å². The van der Waals surface area contributed by atoms with Crippen LogP contribution in [0.25, 0.3) is 10.8 Å². The van der Waals surface area contributed by atoms with Crippen LogP contribution < -0.4 is 11.1 Å². The van der Waals surface area contributed by atoms with Gasteiger partial charge in [0.15, 0.2) is 0 Å². The summed E-state index contributed by atoms with van der Waals surface area (Å²) in [4.78, 5) is 25.4. The van der Waals surface area contributed by atoms with Crippen LogP contribution in [0.15, 0.2) is 42.5 Å². The lowest BCUT2D eigenvalue weighted by Crippen LogP contribution is -2.48. The highest BCUT2D eigenvalue weighted by Crippen LogP contribution is 2.18. The molecule has 1 fully saturated rings. The highest BCUT2D eigenvalue weighted by Gasteiger charge is 2.26. The number of benzene rings is 2. The maximum Gasteiger partial charge on any atom is 0.317 e. The zero-order valence-electron chi connectivity index (χ0n) is 14.6. The van der Waals surface area contributed by atoms with Gasteiger partial charge >= 0.3 is 6.03 Å². The number of fused-ring (bicyclic) bond motifs is 1. The van der Waals surface area contributed by atoms with Crippen LogP contribution in [-0.2, 0) is 11.2 Å². The molecule has 0 saturated carbocycles. The molecule has 0 radical (unpaired) electrons. The molecule has 3 N–H and O–H groups in total. The Hall–Kier alpha value is -2.56. The Morgan fingerprint density at radius 1 is 1.16 bits per heavy atom. The zero-order chi connectivity index (χ0) is 17.8. The predicted molar refractivity (Wildman–Crippen MR) is 99.1 cm³/mol. The molecule has 1 aliphatic rings. The molecule has 3 rings (SSSR count). The number of primary amides is 1. The Morgan fingerprint density at radius 2 is 1.84 bits per heavy atom. The van der Waals surface area contributed by atoms with Gasteiger partial charge < -0.3 is 16.0 Å². The van der Waals surface area contributed by atoms with Gasteiger partial charge in [0, 0.05) is 25.0 Å². The fourth-order valence-corrected chi connectivity index (χ4v) is 3.44. The maximum absolute atomic E-state index is 12.4. The van der Waals surface area contributed by atoms with E-state index in [-0.39, 0.29) is 23.9 Å².